The molecule has 1 fully saturated rings. The maximum Gasteiger partial charge on any atom is 0.211 e. The molecule has 2 aromatic carbocycles. The van der Waals surface area contributed by atoms with Crippen LogP contribution in [0.15, 0.2) is 59.8 Å². The number of hydrogen-bond donors (Lipinski definition) is 0. The minimum Gasteiger partial charge on any atom is -0.323 e. The zero-order valence-electron chi connectivity index (χ0n) is 17.2. The molecule has 0 radical (unpaired) electrons. The molecule has 0 bridgehead atoms. The molecule has 6 heteroatoms. The first kappa shape index (κ1) is 19.5. The van der Waals surface area contributed by atoms with Gasteiger partial charge in [-0.25, -0.2) is 4.98 Å². The van der Waals surface area contributed by atoms with E-state index < -0.39 is 0 Å². The zero-order chi connectivity index (χ0) is 20.2. The number of aromatic nitrogens is 4. The quantitative estimate of drug-likeness (QED) is 0.404. The molecule has 0 spiro atoms. The van der Waals surface area contributed by atoms with Crippen LogP contribution in [0.4, 0.5) is 0 Å². The van der Waals surface area contributed by atoms with Gasteiger partial charge < -0.3 is 9.47 Å². The highest BCUT2D eigenvalue weighted by atomic mass is 32.2. The van der Waals surface area contributed by atoms with Gasteiger partial charge in [0.25, 0.3) is 0 Å². The van der Waals surface area contributed by atoms with Crippen molar-refractivity contribution in [3.05, 3.63) is 60.2 Å². The smallest absolute Gasteiger partial charge is 0.211 e. The van der Waals surface area contributed by atoms with Crippen LogP contribution in [0.5, 0.6) is 0 Å². The SMILES string of the molecule is c1ccc(CCn2c3ccccc3c3nnc(SCCN4CCCCC4)nc32)cc1. The fraction of sp³-hybridized carbons (Fsp3) is 0.375. The van der Waals surface area contributed by atoms with Gasteiger partial charge in [-0.1, -0.05) is 66.7 Å². The number of benzene rings is 2. The van der Waals surface area contributed by atoms with Gasteiger partial charge in [-0.3, -0.25) is 0 Å². The largest absolute Gasteiger partial charge is 0.323 e. The van der Waals surface area contributed by atoms with Crippen molar-refractivity contribution in [3.8, 4) is 0 Å². The summed E-state index contributed by atoms with van der Waals surface area (Å²) in [6.45, 7) is 4.44. The van der Waals surface area contributed by atoms with E-state index in [0.717, 1.165) is 47.0 Å². The van der Waals surface area contributed by atoms with E-state index in [4.69, 9.17) is 4.98 Å². The molecule has 1 aliphatic rings. The monoisotopic (exact) mass is 417 g/mol. The van der Waals surface area contributed by atoms with Crippen molar-refractivity contribution < 1.29 is 0 Å². The fourth-order valence-electron chi connectivity index (χ4n) is 4.31. The van der Waals surface area contributed by atoms with E-state index in [1.54, 1.807) is 11.8 Å². The molecule has 3 heterocycles. The number of piperidine rings is 1. The minimum absolute atomic E-state index is 0.781. The van der Waals surface area contributed by atoms with E-state index in [-0.39, 0.29) is 0 Å². The molecule has 154 valence electrons. The van der Waals surface area contributed by atoms with Crippen molar-refractivity contribution in [1.82, 2.24) is 24.6 Å². The van der Waals surface area contributed by atoms with Gasteiger partial charge in [-0.15, -0.1) is 10.2 Å². The molecule has 1 saturated heterocycles. The van der Waals surface area contributed by atoms with Crippen molar-refractivity contribution in [2.75, 3.05) is 25.4 Å². The lowest BCUT2D eigenvalue weighted by molar-refractivity contribution is 0.242. The highest BCUT2D eigenvalue weighted by Gasteiger charge is 2.15. The van der Waals surface area contributed by atoms with Gasteiger partial charge in [0.05, 0.1) is 5.52 Å². The Kier molecular flexibility index (Phi) is 5.95. The van der Waals surface area contributed by atoms with Gasteiger partial charge in [0.1, 0.15) is 5.52 Å². The molecule has 0 atom stereocenters. The third kappa shape index (κ3) is 4.20. The van der Waals surface area contributed by atoms with Crippen molar-refractivity contribution in [2.45, 2.75) is 37.4 Å². The molecule has 2 aromatic heterocycles. The summed E-state index contributed by atoms with van der Waals surface area (Å²) < 4.78 is 2.31. The number of hydrogen-bond acceptors (Lipinski definition) is 5. The van der Waals surface area contributed by atoms with Crippen molar-refractivity contribution in [1.29, 1.82) is 0 Å². The molecule has 5 nitrogen and oxygen atoms in total. The molecule has 0 aliphatic carbocycles. The molecule has 4 aromatic rings. The Balaban J connectivity index is 1.39. The van der Waals surface area contributed by atoms with Crippen LogP contribution in [0.25, 0.3) is 22.1 Å². The van der Waals surface area contributed by atoms with E-state index >= 15 is 0 Å². The van der Waals surface area contributed by atoms with Crippen molar-refractivity contribution in [2.24, 2.45) is 0 Å². The number of aryl methyl sites for hydroxylation is 2. The minimum atomic E-state index is 0.781. The predicted molar refractivity (Wildman–Crippen MR) is 124 cm³/mol. The van der Waals surface area contributed by atoms with Crippen molar-refractivity contribution in [3.63, 3.8) is 0 Å². The Morgan fingerprint density at radius 3 is 2.50 bits per heavy atom. The third-order valence-electron chi connectivity index (χ3n) is 5.91. The maximum atomic E-state index is 4.94. The average Bonchev–Trinajstić information content (AvgIpc) is 3.12. The second kappa shape index (κ2) is 9.14. The summed E-state index contributed by atoms with van der Waals surface area (Å²) in [7, 11) is 0. The third-order valence-corrected chi connectivity index (χ3v) is 6.73. The van der Waals surface area contributed by atoms with E-state index in [9.17, 15) is 0 Å². The van der Waals surface area contributed by atoms with E-state index in [1.807, 2.05) is 0 Å². The first-order valence-electron chi connectivity index (χ1n) is 10.9. The van der Waals surface area contributed by atoms with Gasteiger partial charge in [0.2, 0.25) is 5.16 Å². The topological polar surface area (TPSA) is 46.8 Å². The van der Waals surface area contributed by atoms with E-state index in [1.165, 1.54) is 43.4 Å². The van der Waals surface area contributed by atoms with Crippen LogP contribution in [0.2, 0.25) is 0 Å². The molecule has 0 amide bonds. The molecule has 0 N–H and O–H groups in total. The first-order chi connectivity index (χ1) is 14.9. The fourth-order valence-corrected chi connectivity index (χ4v) is 5.09. The van der Waals surface area contributed by atoms with Crippen LogP contribution >= 0.6 is 11.8 Å². The number of thioether (sulfide) groups is 1. The Morgan fingerprint density at radius 1 is 0.833 bits per heavy atom. The molecular formula is C24H27N5S. The van der Waals surface area contributed by atoms with Gasteiger partial charge in [0.15, 0.2) is 5.65 Å². The molecule has 1 aliphatic heterocycles. The van der Waals surface area contributed by atoms with E-state index in [0.29, 0.717) is 0 Å². The van der Waals surface area contributed by atoms with Gasteiger partial charge >= 0.3 is 0 Å². The highest BCUT2D eigenvalue weighted by Crippen LogP contribution is 2.27. The molecule has 0 saturated carbocycles. The number of para-hydroxylation sites is 1. The Labute approximate surface area is 181 Å². The normalized spacial score (nSPS) is 15.2. The van der Waals surface area contributed by atoms with Crippen LogP contribution in [-0.4, -0.2) is 50.0 Å². The summed E-state index contributed by atoms with van der Waals surface area (Å²) in [5.74, 6) is 1.01. The van der Waals surface area contributed by atoms with Gasteiger partial charge in [-0.05, 0) is 44.0 Å². The van der Waals surface area contributed by atoms with Crippen LogP contribution in [0.3, 0.4) is 0 Å². The zero-order valence-corrected chi connectivity index (χ0v) is 18.0. The Morgan fingerprint density at radius 2 is 1.63 bits per heavy atom. The number of fused-ring (bicyclic) bond motifs is 3. The average molecular weight is 418 g/mol. The van der Waals surface area contributed by atoms with E-state index in [2.05, 4.69) is 74.3 Å². The molecule has 30 heavy (non-hydrogen) atoms. The van der Waals surface area contributed by atoms with Gasteiger partial charge in [0, 0.05) is 24.2 Å². The van der Waals surface area contributed by atoms with Crippen LogP contribution in [-0.2, 0) is 13.0 Å². The first-order valence-corrected chi connectivity index (χ1v) is 11.9. The predicted octanol–water partition coefficient (Wildman–Crippen LogP) is 4.80. The summed E-state index contributed by atoms with van der Waals surface area (Å²) in [5.41, 5.74) is 4.36. The van der Waals surface area contributed by atoms with Crippen LogP contribution in [0.1, 0.15) is 24.8 Å². The van der Waals surface area contributed by atoms with Crippen molar-refractivity contribution >= 4 is 33.8 Å². The highest BCUT2D eigenvalue weighted by molar-refractivity contribution is 7.99. The molecule has 5 rings (SSSR count). The maximum absolute atomic E-state index is 4.94. The lowest BCUT2D eigenvalue weighted by Gasteiger charge is -2.25. The summed E-state index contributed by atoms with van der Waals surface area (Å²) in [6, 6.07) is 19.1. The van der Waals surface area contributed by atoms with Crippen LogP contribution < -0.4 is 0 Å². The second-order valence-electron chi connectivity index (χ2n) is 7.92. The summed E-state index contributed by atoms with van der Waals surface area (Å²) in [4.78, 5) is 7.50. The molecule has 0 unspecified atom stereocenters. The Hall–Kier alpha value is -2.44. The second-order valence-corrected chi connectivity index (χ2v) is 8.98. The summed E-state index contributed by atoms with van der Waals surface area (Å²) in [5, 5.41) is 10.9. The molecular weight excluding hydrogens is 390 g/mol. The summed E-state index contributed by atoms with van der Waals surface area (Å²) in [6.07, 6.45) is 5.00. The lowest BCUT2D eigenvalue weighted by Crippen LogP contribution is -2.31. The number of nitrogens with zero attached hydrogens (tertiary/aromatic N) is 5. The summed E-state index contributed by atoms with van der Waals surface area (Å²) >= 11 is 1.72. The van der Waals surface area contributed by atoms with Gasteiger partial charge in [-0.2, -0.15) is 0 Å². The standard InChI is InChI=1S/C24H27N5S/c1-3-9-19(10-4-1)13-16-29-21-12-6-5-11-20(21)22-23(29)25-24(27-26-22)30-18-17-28-14-7-2-8-15-28/h1,3-6,9-12H,2,7-8,13-18H2. The lowest BCUT2D eigenvalue weighted by atomic mass is 10.1. The number of rotatable bonds is 7. The Bertz CT molecular complexity index is 1120. The number of likely N-dealkylation sites (tertiary alicyclic amines) is 1. The van der Waals surface area contributed by atoms with Crippen LogP contribution in [0, 0.1) is 0 Å².